The number of hydrogen-bond donors (Lipinski definition) is 2. The highest BCUT2D eigenvalue weighted by Gasteiger charge is 2.27. The summed E-state index contributed by atoms with van der Waals surface area (Å²) in [4.78, 5) is 19.4. The zero-order valence-corrected chi connectivity index (χ0v) is 11.1. The van der Waals surface area contributed by atoms with Crippen LogP contribution in [0.25, 0.3) is 0 Å². The van der Waals surface area contributed by atoms with Gasteiger partial charge in [0.1, 0.15) is 11.6 Å². The predicted octanol–water partition coefficient (Wildman–Crippen LogP) is 1.07. The number of anilines is 1. The minimum atomic E-state index is -0.590. The van der Waals surface area contributed by atoms with Crippen LogP contribution in [-0.2, 0) is 0 Å². The first-order valence-corrected chi connectivity index (χ1v) is 7.34. The average Bonchev–Trinajstić information content (AvgIpc) is 2.29. The van der Waals surface area contributed by atoms with Crippen LogP contribution in [0.4, 0.5) is 5.82 Å². The van der Waals surface area contributed by atoms with Gasteiger partial charge in [0.25, 0.3) is 5.91 Å². The Morgan fingerprint density at radius 1 is 1.47 bits per heavy atom. The first-order chi connectivity index (χ1) is 8.09. The molecular weight excluding hydrogens is 256 g/mol. The van der Waals surface area contributed by atoms with E-state index in [1.54, 1.807) is 0 Å². The average molecular weight is 270 g/mol. The molecule has 1 amide bonds. The van der Waals surface area contributed by atoms with Crippen molar-refractivity contribution in [2.75, 3.05) is 17.2 Å². The Kier molecular flexibility index (Phi) is 3.78. The summed E-state index contributed by atoms with van der Waals surface area (Å²) < 4.78 is 0. The largest absolute Gasteiger partial charge is 0.383 e. The Bertz CT molecular complexity index is 440. The Morgan fingerprint density at radius 2 is 2.18 bits per heavy atom. The van der Waals surface area contributed by atoms with E-state index in [-0.39, 0.29) is 16.6 Å². The van der Waals surface area contributed by atoms with Crippen LogP contribution in [-0.4, -0.2) is 32.6 Å². The lowest BCUT2D eigenvalue weighted by Crippen LogP contribution is -2.21. The SMILES string of the molecule is CC1SCCSC1c1ncc(C(N)=O)c(N)n1. The highest BCUT2D eigenvalue weighted by molar-refractivity contribution is 8.06. The van der Waals surface area contributed by atoms with Gasteiger partial charge in [0.15, 0.2) is 0 Å². The summed E-state index contributed by atoms with van der Waals surface area (Å²) in [6.45, 7) is 2.16. The molecule has 0 spiro atoms. The number of nitrogens with two attached hydrogens (primary N) is 2. The first kappa shape index (κ1) is 12.5. The number of rotatable bonds is 2. The zero-order chi connectivity index (χ0) is 12.4. The van der Waals surface area contributed by atoms with Crippen molar-refractivity contribution in [2.24, 2.45) is 5.73 Å². The molecule has 0 bridgehead atoms. The van der Waals surface area contributed by atoms with E-state index >= 15 is 0 Å². The number of thioether (sulfide) groups is 2. The fourth-order valence-corrected chi connectivity index (χ4v) is 4.35. The summed E-state index contributed by atoms with van der Waals surface area (Å²) in [5.41, 5.74) is 11.1. The Balaban J connectivity index is 2.27. The van der Waals surface area contributed by atoms with Crippen LogP contribution < -0.4 is 11.5 Å². The molecule has 1 aromatic heterocycles. The Morgan fingerprint density at radius 3 is 2.76 bits per heavy atom. The molecule has 2 rings (SSSR count). The van der Waals surface area contributed by atoms with E-state index in [2.05, 4.69) is 16.9 Å². The summed E-state index contributed by atoms with van der Waals surface area (Å²) in [5, 5.41) is 0.686. The van der Waals surface area contributed by atoms with E-state index in [1.807, 2.05) is 23.5 Å². The smallest absolute Gasteiger partial charge is 0.254 e. The van der Waals surface area contributed by atoms with Crippen molar-refractivity contribution in [3.05, 3.63) is 17.6 Å². The van der Waals surface area contributed by atoms with Crippen LogP contribution in [0, 0.1) is 0 Å². The van der Waals surface area contributed by atoms with E-state index in [0.717, 1.165) is 11.5 Å². The quantitative estimate of drug-likeness (QED) is 0.834. The second-order valence-electron chi connectivity index (χ2n) is 3.76. The zero-order valence-electron chi connectivity index (χ0n) is 9.42. The van der Waals surface area contributed by atoms with Crippen molar-refractivity contribution < 1.29 is 4.79 Å². The molecular formula is C10H14N4OS2. The summed E-state index contributed by atoms with van der Waals surface area (Å²) in [7, 11) is 0. The number of aromatic nitrogens is 2. The molecule has 2 unspecified atom stereocenters. The minimum absolute atomic E-state index is 0.172. The van der Waals surface area contributed by atoms with Crippen molar-refractivity contribution >= 4 is 35.2 Å². The molecule has 0 radical (unpaired) electrons. The third-order valence-electron chi connectivity index (χ3n) is 2.54. The first-order valence-electron chi connectivity index (χ1n) is 5.25. The maximum absolute atomic E-state index is 11.0. The number of carbonyl (C=O) groups is 1. The molecule has 0 saturated carbocycles. The Labute approximate surface area is 108 Å². The number of nitrogen functional groups attached to an aromatic ring is 1. The highest BCUT2D eigenvalue weighted by atomic mass is 32.2. The van der Waals surface area contributed by atoms with Gasteiger partial charge in [-0.1, -0.05) is 6.92 Å². The second kappa shape index (κ2) is 5.14. The van der Waals surface area contributed by atoms with Crippen LogP contribution in [0.5, 0.6) is 0 Å². The molecule has 4 N–H and O–H groups in total. The fourth-order valence-electron chi connectivity index (χ4n) is 1.65. The minimum Gasteiger partial charge on any atom is -0.383 e. The lowest BCUT2D eigenvalue weighted by Gasteiger charge is -2.26. The second-order valence-corrected chi connectivity index (χ2v) is 6.49. The molecule has 7 heteroatoms. The molecule has 92 valence electrons. The van der Waals surface area contributed by atoms with E-state index in [9.17, 15) is 4.79 Å². The van der Waals surface area contributed by atoms with Gasteiger partial charge in [0.2, 0.25) is 0 Å². The van der Waals surface area contributed by atoms with Crippen LogP contribution in [0.15, 0.2) is 6.20 Å². The summed E-state index contributed by atoms with van der Waals surface area (Å²) >= 11 is 3.73. The molecule has 2 atom stereocenters. The van der Waals surface area contributed by atoms with Gasteiger partial charge in [-0.05, 0) is 0 Å². The standard InChI is InChI=1S/C10H14N4OS2/c1-5-7(17-3-2-16-5)10-13-4-6(9(12)15)8(11)14-10/h4-5,7H,2-3H2,1H3,(H2,12,15)(H2,11,13,14). The van der Waals surface area contributed by atoms with Gasteiger partial charge < -0.3 is 11.5 Å². The van der Waals surface area contributed by atoms with Crippen molar-refractivity contribution in [2.45, 2.75) is 17.4 Å². The summed E-state index contributed by atoms with van der Waals surface area (Å²) in [6.07, 6.45) is 1.42. The molecule has 0 aliphatic carbocycles. The Hall–Kier alpha value is -0.950. The molecule has 1 saturated heterocycles. The van der Waals surface area contributed by atoms with Gasteiger partial charge in [0, 0.05) is 23.0 Å². The molecule has 1 fully saturated rings. The number of carbonyl (C=O) groups excluding carboxylic acids is 1. The van der Waals surface area contributed by atoms with Crippen LogP contribution >= 0.6 is 23.5 Å². The number of nitrogens with zero attached hydrogens (tertiary/aromatic N) is 2. The van der Waals surface area contributed by atoms with Gasteiger partial charge in [0.05, 0.1) is 10.8 Å². The van der Waals surface area contributed by atoms with Crippen molar-refractivity contribution in [3.8, 4) is 0 Å². The summed E-state index contributed by atoms with van der Waals surface area (Å²) in [5.74, 6) is 2.51. The lowest BCUT2D eigenvalue weighted by atomic mass is 10.2. The van der Waals surface area contributed by atoms with Crippen molar-refractivity contribution in [1.29, 1.82) is 0 Å². The van der Waals surface area contributed by atoms with Crippen molar-refractivity contribution in [3.63, 3.8) is 0 Å². The topological polar surface area (TPSA) is 94.9 Å². The lowest BCUT2D eigenvalue weighted by molar-refractivity contribution is 0.100. The predicted molar refractivity (Wildman–Crippen MR) is 72.1 cm³/mol. The molecule has 17 heavy (non-hydrogen) atoms. The number of hydrogen-bond acceptors (Lipinski definition) is 6. The van der Waals surface area contributed by atoms with Gasteiger partial charge in [-0.2, -0.15) is 11.8 Å². The fraction of sp³-hybridized carbons (Fsp3) is 0.500. The molecule has 1 aliphatic heterocycles. The maximum atomic E-state index is 11.0. The number of amides is 1. The molecule has 2 heterocycles. The molecule has 1 aromatic rings. The monoisotopic (exact) mass is 270 g/mol. The van der Waals surface area contributed by atoms with Gasteiger partial charge in [-0.3, -0.25) is 4.79 Å². The molecule has 5 nitrogen and oxygen atoms in total. The molecule has 1 aliphatic rings. The van der Waals surface area contributed by atoms with E-state index in [0.29, 0.717) is 11.1 Å². The van der Waals surface area contributed by atoms with Crippen molar-refractivity contribution in [1.82, 2.24) is 9.97 Å². The molecule has 0 aromatic carbocycles. The van der Waals surface area contributed by atoms with Crippen LogP contribution in [0.2, 0.25) is 0 Å². The van der Waals surface area contributed by atoms with Crippen LogP contribution in [0.3, 0.4) is 0 Å². The number of primary amides is 1. The third-order valence-corrected chi connectivity index (χ3v) is 5.63. The normalized spacial score (nSPS) is 24.5. The van der Waals surface area contributed by atoms with E-state index in [1.165, 1.54) is 6.20 Å². The van der Waals surface area contributed by atoms with Gasteiger partial charge in [-0.15, -0.1) is 11.8 Å². The van der Waals surface area contributed by atoms with Gasteiger partial charge >= 0.3 is 0 Å². The van der Waals surface area contributed by atoms with E-state index in [4.69, 9.17) is 11.5 Å². The maximum Gasteiger partial charge on any atom is 0.254 e. The third kappa shape index (κ3) is 2.66. The van der Waals surface area contributed by atoms with E-state index < -0.39 is 5.91 Å². The summed E-state index contributed by atoms with van der Waals surface area (Å²) in [6, 6.07) is 0. The van der Waals surface area contributed by atoms with Gasteiger partial charge in [-0.25, -0.2) is 9.97 Å². The van der Waals surface area contributed by atoms with Crippen LogP contribution in [0.1, 0.15) is 28.4 Å². The highest BCUT2D eigenvalue weighted by Crippen LogP contribution is 2.41.